The number of amides is 1. The fourth-order valence-electron chi connectivity index (χ4n) is 2.06. The van der Waals surface area contributed by atoms with Crippen molar-refractivity contribution in [1.82, 2.24) is 0 Å². The van der Waals surface area contributed by atoms with Crippen LogP contribution in [0.5, 0.6) is 0 Å². The first-order valence-electron chi connectivity index (χ1n) is 5.77. The summed E-state index contributed by atoms with van der Waals surface area (Å²) < 4.78 is 19.7. The molecule has 0 saturated heterocycles. The minimum absolute atomic E-state index is 0.607. The first-order valence-corrected chi connectivity index (χ1v) is 7.30. The van der Waals surface area contributed by atoms with E-state index in [1.54, 1.807) is 0 Å². The van der Waals surface area contributed by atoms with Crippen LogP contribution in [0.3, 0.4) is 0 Å². The Bertz CT molecular complexity index is 492. The Hall–Kier alpha value is -1.47. The van der Waals surface area contributed by atoms with E-state index in [1.807, 2.05) is 0 Å². The molecular formula is C8H17N4O9P. The lowest BCUT2D eigenvalue weighted by molar-refractivity contribution is -0.180. The summed E-state index contributed by atoms with van der Waals surface area (Å²) in [5, 5.41) is 29.7. The lowest BCUT2D eigenvalue weighted by Crippen LogP contribution is -2.65. The van der Waals surface area contributed by atoms with Crippen molar-refractivity contribution in [2.75, 3.05) is 0 Å². The van der Waals surface area contributed by atoms with E-state index >= 15 is 0 Å². The summed E-state index contributed by atoms with van der Waals surface area (Å²) in [5.74, 6) is -0.607. The SMILES string of the molecule is NC(=O)OC1C(O)C(O)C(OP(=O)(O)O)C(N=C(N)N)C1O. The lowest BCUT2D eigenvalue weighted by atomic mass is 9.83. The molecule has 1 amide bonds. The lowest BCUT2D eigenvalue weighted by Gasteiger charge is -2.43. The Balaban J connectivity index is 3.18. The summed E-state index contributed by atoms with van der Waals surface area (Å²) in [6, 6.07) is -1.64. The molecule has 1 rings (SSSR count). The molecule has 6 unspecified atom stereocenters. The molecule has 1 aliphatic rings. The van der Waals surface area contributed by atoms with Crippen LogP contribution in [-0.2, 0) is 13.8 Å². The maximum Gasteiger partial charge on any atom is 0.470 e. The molecule has 11 N–H and O–H groups in total. The summed E-state index contributed by atoms with van der Waals surface area (Å²) >= 11 is 0. The number of aliphatic hydroxyl groups excluding tert-OH is 3. The number of nitrogens with two attached hydrogens (primary N) is 3. The van der Waals surface area contributed by atoms with E-state index in [2.05, 4.69) is 14.3 Å². The molecule has 14 heteroatoms. The maximum atomic E-state index is 10.9. The minimum atomic E-state index is -5.12. The van der Waals surface area contributed by atoms with E-state index < -0.39 is 56.4 Å². The number of carbonyl (C=O) groups excluding carboxylic acids is 1. The first kappa shape index (κ1) is 18.6. The van der Waals surface area contributed by atoms with E-state index in [0.29, 0.717) is 0 Å². The van der Waals surface area contributed by atoms with Gasteiger partial charge in [0.25, 0.3) is 0 Å². The molecule has 0 aromatic rings. The molecule has 0 radical (unpaired) electrons. The van der Waals surface area contributed by atoms with Crippen molar-refractivity contribution in [2.45, 2.75) is 36.6 Å². The molecule has 0 bridgehead atoms. The predicted molar refractivity (Wildman–Crippen MR) is 69.0 cm³/mol. The van der Waals surface area contributed by atoms with Crippen molar-refractivity contribution in [2.24, 2.45) is 22.2 Å². The van der Waals surface area contributed by atoms with Gasteiger partial charge in [0.1, 0.15) is 30.5 Å². The second-order valence-corrected chi connectivity index (χ2v) is 5.67. The van der Waals surface area contributed by atoms with Crippen LogP contribution in [0.25, 0.3) is 0 Å². The average molecular weight is 344 g/mol. The smallest absolute Gasteiger partial charge is 0.441 e. The molecule has 22 heavy (non-hydrogen) atoms. The Morgan fingerprint density at radius 3 is 1.91 bits per heavy atom. The molecule has 1 aliphatic carbocycles. The number of ether oxygens (including phenoxy) is 1. The quantitative estimate of drug-likeness (QED) is 0.137. The first-order chi connectivity index (χ1) is 9.94. The molecule has 1 fully saturated rings. The van der Waals surface area contributed by atoms with Crippen molar-refractivity contribution in [3.63, 3.8) is 0 Å². The Morgan fingerprint density at radius 1 is 1.00 bits per heavy atom. The molecule has 6 atom stereocenters. The number of phosphoric acid groups is 1. The molecule has 1 saturated carbocycles. The number of carbonyl (C=O) groups is 1. The molecule has 0 aromatic heterocycles. The van der Waals surface area contributed by atoms with E-state index in [-0.39, 0.29) is 0 Å². The van der Waals surface area contributed by atoms with Gasteiger partial charge in [-0.2, -0.15) is 0 Å². The number of phosphoric ester groups is 1. The number of rotatable bonds is 4. The number of hydrogen-bond donors (Lipinski definition) is 8. The fourth-order valence-corrected chi connectivity index (χ4v) is 2.63. The molecule has 0 heterocycles. The zero-order valence-corrected chi connectivity index (χ0v) is 11.9. The Labute approximate surface area is 123 Å². The van der Waals surface area contributed by atoms with Crippen LogP contribution < -0.4 is 17.2 Å². The van der Waals surface area contributed by atoms with Crippen molar-refractivity contribution < 1.29 is 43.7 Å². The van der Waals surface area contributed by atoms with Crippen LogP contribution >= 0.6 is 7.82 Å². The summed E-state index contributed by atoms with van der Waals surface area (Å²) in [6.45, 7) is 0. The van der Waals surface area contributed by atoms with Crippen LogP contribution in [0.15, 0.2) is 4.99 Å². The maximum absolute atomic E-state index is 10.9. The predicted octanol–water partition coefficient (Wildman–Crippen LogP) is -4.33. The van der Waals surface area contributed by atoms with Crippen LogP contribution in [0.4, 0.5) is 4.79 Å². The second-order valence-electron chi connectivity index (χ2n) is 4.48. The summed E-state index contributed by atoms with van der Waals surface area (Å²) in [4.78, 5) is 31.9. The summed E-state index contributed by atoms with van der Waals surface area (Å²) in [5.41, 5.74) is 15.0. The Morgan fingerprint density at radius 2 is 1.50 bits per heavy atom. The number of aliphatic hydroxyl groups is 3. The van der Waals surface area contributed by atoms with Gasteiger partial charge in [0.05, 0.1) is 0 Å². The van der Waals surface area contributed by atoms with Gasteiger partial charge in [-0.05, 0) is 0 Å². The number of hydrogen-bond acceptors (Lipinski definition) is 8. The fraction of sp³-hybridized carbons (Fsp3) is 0.750. The van der Waals surface area contributed by atoms with Crippen molar-refractivity contribution in [1.29, 1.82) is 0 Å². The van der Waals surface area contributed by atoms with Gasteiger partial charge in [0.2, 0.25) is 0 Å². The molecule has 0 aliphatic heterocycles. The highest BCUT2D eigenvalue weighted by atomic mass is 31.2. The van der Waals surface area contributed by atoms with E-state index in [4.69, 9.17) is 27.0 Å². The number of primary amides is 1. The summed E-state index contributed by atoms with van der Waals surface area (Å²) in [7, 11) is -5.12. The van der Waals surface area contributed by atoms with E-state index in [9.17, 15) is 24.7 Å². The third kappa shape index (κ3) is 4.51. The second kappa shape index (κ2) is 6.75. The summed E-state index contributed by atoms with van der Waals surface area (Å²) in [6.07, 6.45) is -10.8. The molecule has 128 valence electrons. The van der Waals surface area contributed by atoms with Gasteiger partial charge in [0.15, 0.2) is 12.1 Å². The molecule has 0 aromatic carbocycles. The molecule has 13 nitrogen and oxygen atoms in total. The van der Waals surface area contributed by atoms with Gasteiger partial charge >= 0.3 is 13.9 Å². The highest BCUT2D eigenvalue weighted by Crippen LogP contribution is 2.42. The third-order valence-corrected chi connectivity index (χ3v) is 3.37. The van der Waals surface area contributed by atoms with Crippen LogP contribution in [-0.4, -0.2) is 73.7 Å². The highest BCUT2D eigenvalue weighted by Gasteiger charge is 2.53. The van der Waals surface area contributed by atoms with E-state index in [1.165, 1.54) is 0 Å². The zero-order chi connectivity index (χ0) is 17.2. The Kier molecular flexibility index (Phi) is 5.70. The zero-order valence-electron chi connectivity index (χ0n) is 11.0. The van der Waals surface area contributed by atoms with E-state index in [0.717, 1.165) is 0 Å². The molecular weight excluding hydrogens is 327 g/mol. The average Bonchev–Trinajstić information content (AvgIpc) is 2.34. The highest BCUT2D eigenvalue weighted by molar-refractivity contribution is 7.46. The third-order valence-electron chi connectivity index (χ3n) is 2.86. The van der Waals surface area contributed by atoms with Crippen LogP contribution in [0.2, 0.25) is 0 Å². The van der Waals surface area contributed by atoms with Gasteiger partial charge in [0, 0.05) is 0 Å². The number of aliphatic imine (C=N–C) groups is 1. The standard InChI is InChI=1S/C8H17N4O9P/c9-7(10)12-1-2(13)6(20-8(11)16)4(15)3(14)5(1)21-22(17,18)19/h1-6,13-15H,(H2,11,16)(H4,9,10,12)(H2,17,18,19). The topological polar surface area (TPSA) is 244 Å². The van der Waals surface area contributed by atoms with Crippen molar-refractivity contribution >= 4 is 19.9 Å². The van der Waals surface area contributed by atoms with Gasteiger partial charge in [-0.25, -0.2) is 14.4 Å². The number of nitrogens with zero attached hydrogens (tertiary/aromatic N) is 1. The van der Waals surface area contributed by atoms with Crippen molar-refractivity contribution in [3.8, 4) is 0 Å². The van der Waals surface area contributed by atoms with Crippen molar-refractivity contribution in [3.05, 3.63) is 0 Å². The minimum Gasteiger partial charge on any atom is -0.441 e. The normalized spacial score (nSPS) is 35.7. The van der Waals surface area contributed by atoms with Gasteiger partial charge < -0.3 is 47.0 Å². The van der Waals surface area contributed by atoms with Gasteiger partial charge in [-0.3, -0.25) is 4.52 Å². The van der Waals surface area contributed by atoms with Crippen LogP contribution in [0, 0.1) is 0 Å². The largest absolute Gasteiger partial charge is 0.470 e. The van der Waals surface area contributed by atoms with Gasteiger partial charge in [-0.1, -0.05) is 0 Å². The number of guanidine groups is 1. The molecule has 0 spiro atoms. The monoisotopic (exact) mass is 344 g/mol. The van der Waals surface area contributed by atoms with Gasteiger partial charge in [-0.15, -0.1) is 0 Å². The van der Waals surface area contributed by atoms with Crippen LogP contribution in [0.1, 0.15) is 0 Å².